The first kappa shape index (κ1) is 34.0. The molecule has 2 aromatic heterocycles. The van der Waals surface area contributed by atoms with E-state index in [2.05, 4.69) is 38.5 Å². The lowest BCUT2D eigenvalue weighted by atomic mass is 9.97. The van der Waals surface area contributed by atoms with E-state index in [1.165, 1.54) is 12.1 Å². The molecule has 0 unspecified atom stereocenters. The van der Waals surface area contributed by atoms with Crippen LogP contribution in [0, 0.1) is 0 Å². The molecule has 0 aliphatic carbocycles. The van der Waals surface area contributed by atoms with Crippen LogP contribution in [0.2, 0.25) is 5.02 Å². The first-order valence-electron chi connectivity index (χ1n) is 16.4. The second-order valence-corrected chi connectivity index (χ2v) is 14.3. The van der Waals surface area contributed by atoms with Gasteiger partial charge in [0.2, 0.25) is 15.9 Å². The van der Waals surface area contributed by atoms with Crippen molar-refractivity contribution >= 4 is 49.6 Å². The SMILES string of the molecule is O=C(O)c1ccc(OCCc2c(CCNS(=O)(=O)Cc3nc4ccccc4o3)n(C(c3ccccc3)c3ccccc3)c3ccc(Cl)cc23)cc1. The van der Waals surface area contributed by atoms with Crippen LogP contribution in [0.25, 0.3) is 22.0 Å². The van der Waals surface area contributed by atoms with Gasteiger partial charge in [0.05, 0.1) is 18.2 Å². The Hall–Kier alpha value is -5.42. The van der Waals surface area contributed by atoms with Crippen molar-refractivity contribution in [2.24, 2.45) is 0 Å². The van der Waals surface area contributed by atoms with E-state index in [4.69, 9.17) is 20.8 Å². The zero-order valence-electron chi connectivity index (χ0n) is 27.4. The monoisotopic (exact) mass is 719 g/mol. The van der Waals surface area contributed by atoms with Gasteiger partial charge in [-0.3, -0.25) is 0 Å². The number of carboxylic acid groups (broad SMARTS) is 1. The van der Waals surface area contributed by atoms with E-state index in [9.17, 15) is 18.3 Å². The fourth-order valence-corrected chi connectivity index (χ4v) is 7.63. The van der Waals surface area contributed by atoms with Gasteiger partial charge in [-0.25, -0.2) is 22.9 Å². The van der Waals surface area contributed by atoms with Crippen LogP contribution in [-0.2, 0) is 28.6 Å². The maximum absolute atomic E-state index is 13.3. The summed E-state index contributed by atoms with van der Waals surface area (Å²) < 4.78 is 43.5. The molecule has 0 saturated heterocycles. The summed E-state index contributed by atoms with van der Waals surface area (Å²) in [7, 11) is -3.81. The predicted molar refractivity (Wildman–Crippen MR) is 198 cm³/mol. The van der Waals surface area contributed by atoms with E-state index in [0.717, 1.165) is 33.3 Å². The van der Waals surface area contributed by atoms with Crippen LogP contribution in [0.15, 0.2) is 132 Å². The summed E-state index contributed by atoms with van der Waals surface area (Å²) in [4.78, 5) is 15.7. The third-order valence-corrected chi connectivity index (χ3v) is 10.2. The third kappa shape index (κ3) is 7.68. The second kappa shape index (κ2) is 14.8. The van der Waals surface area contributed by atoms with Crippen molar-refractivity contribution in [1.29, 1.82) is 0 Å². The molecule has 2 N–H and O–H groups in total. The molecule has 7 aromatic rings. The van der Waals surface area contributed by atoms with Gasteiger partial charge in [-0.2, -0.15) is 0 Å². The van der Waals surface area contributed by atoms with E-state index in [-0.39, 0.29) is 30.6 Å². The van der Waals surface area contributed by atoms with Gasteiger partial charge in [-0.1, -0.05) is 84.4 Å². The van der Waals surface area contributed by atoms with Crippen LogP contribution in [0.1, 0.15) is 44.7 Å². The number of nitrogens with zero attached hydrogens (tertiary/aromatic N) is 2. The summed E-state index contributed by atoms with van der Waals surface area (Å²) in [6.45, 7) is 0.406. The van der Waals surface area contributed by atoms with Gasteiger partial charge >= 0.3 is 5.97 Å². The van der Waals surface area contributed by atoms with E-state index in [1.54, 1.807) is 24.3 Å². The molecule has 0 fully saturated rings. The van der Waals surface area contributed by atoms with Crippen LogP contribution in [0.4, 0.5) is 0 Å². The molecule has 9 nitrogen and oxygen atoms in total. The number of fused-ring (bicyclic) bond motifs is 2. The number of carboxylic acids is 1. The Labute approximate surface area is 300 Å². The number of carbonyl (C=O) groups is 1. The summed E-state index contributed by atoms with van der Waals surface area (Å²) in [6, 6.07) is 39.4. The molecule has 0 spiro atoms. The number of hydrogen-bond donors (Lipinski definition) is 2. The van der Waals surface area contributed by atoms with E-state index in [1.807, 2.05) is 66.7 Å². The Bertz CT molecular complexity index is 2340. The van der Waals surface area contributed by atoms with Crippen molar-refractivity contribution in [3.05, 3.63) is 166 Å². The smallest absolute Gasteiger partial charge is 0.335 e. The van der Waals surface area contributed by atoms with Crippen LogP contribution in [0.5, 0.6) is 5.75 Å². The normalized spacial score (nSPS) is 11.8. The number of aromatic carboxylic acids is 1. The molecule has 5 aromatic carbocycles. The summed E-state index contributed by atoms with van der Waals surface area (Å²) in [5.74, 6) is -0.735. The Balaban J connectivity index is 1.26. The van der Waals surface area contributed by atoms with E-state index < -0.39 is 21.7 Å². The van der Waals surface area contributed by atoms with Crippen molar-refractivity contribution in [3.8, 4) is 5.75 Å². The number of nitrogens with one attached hydrogen (secondary N) is 1. The van der Waals surface area contributed by atoms with Gasteiger partial charge in [-0.15, -0.1) is 0 Å². The second-order valence-electron chi connectivity index (χ2n) is 12.1. The number of halogens is 1. The van der Waals surface area contributed by atoms with Gasteiger partial charge < -0.3 is 18.8 Å². The average molecular weight is 720 g/mol. The minimum Gasteiger partial charge on any atom is -0.493 e. The first-order valence-corrected chi connectivity index (χ1v) is 18.5. The number of oxazole rings is 1. The highest BCUT2D eigenvalue weighted by molar-refractivity contribution is 7.88. The average Bonchev–Trinajstić information content (AvgIpc) is 3.67. The number of rotatable bonds is 14. The van der Waals surface area contributed by atoms with Crippen molar-refractivity contribution in [2.45, 2.75) is 24.6 Å². The molecular formula is C40H34ClN3O6S. The zero-order valence-corrected chi connectivity index (χ0v) is 29.0. The highest BCUT2D eigenvalue weighted by Gasteiger charge is 2.26. The van der Waals surface area contributed by atoms with Gasteiger partial charge in [0.15, 0.2) is 5.58 Å². The minimum atomic E-state index is -3.81. The predicted octanol–water partition coefficient (Wildman–Crippen LogP) is 8.06. The fraction of sp³-hybridized carbons (Fsp3) is 0.150. The molecule has 258 valence electrons. The Morgan fingerprint density at radius 3 is 2.20 bits per heavy atom. The highest BCUT2D eigenvalue weighted by Crippen LogP contribution is 2.38. The van der Waals surface area contributed by atoms with Gasteiger partial charge in [0, 0.05) is 41.0 Å². The lowest BCUT2D eigenvalue weighted by molar-refractivity contribution is 0.0696. The van der Waals surface area contributed by atoms with Crippen LogP contribution in [0.3, 0.4) is 0 Å². The lowest BCUT2D eigenvalue weighted by Gasteiger charge is -2.25. The number of aromatic nitrogens is 2. The molecule has 0 radical (unpaired) electrons. The van der Waals surface area contributed by atoms with Crippen molar-refractivity contribution in [3.63, 3.8) is 0 Å². The summed E-state index contributed by atoms with van der Waals surface area (Å²) in [6.07, 6.45) is 0.837. The molecule has 0 aliphatic rings. The molecular weight excluding hydrogens is 686 g/mol. The van der Waals surface area contributed by atoms with Crippen molar-refractivity contribution in [2.75, 3.05) is 13.2 Å². The number of hydrogen-bond acceptors (Lipinski definition) is 6. The quantitative estimate of drug-likeness (QED) is 0.117. The van der Waals surface area contributed by atoms with Gasteiger partial charge in [0.1, 0.15) is 17.0 Å². The van der Waals surface area contributed by atoms with Gasteiger partial charge in [0.25, 0.3) is 0 Å². The van der Waals surface area contributed by atoms with Crippen LogP contribution >= 0.6 is 11.6 Å². The molecule has 0 aliphatic heterocycles. The lowest BCUT2D eigenvalue weighted by Crippen LogP contribution is -2.28. The molecule has 51 heavy (non-hydrogen) atoms. The minimum absolute atomic E-state index is 0.118. The molecule has 0 atom stereocenters. The molecule has 2 heterocycles. The summed E-state index contributed by atoms with van der Waals surface area (Å²) in [5.41, 5.74) is 6.29. The van der Waals surface area contributed by atoms with Crippen LogP contribution in [-0.4, -0.2) is 42.2 Å². The van der Waals surface area contributed by atoms with E-state index in [0.29, 0.717) is 34.7 Å². The number of ether oxygens (including phenoxy) is 1. The van der Waals surface area contributed by atoms with Gasteiger partial charge in [-0.05, 0) is 71.3 Å². The molecule has 0 bridgehead atoms. The number of para-hydroxylation sites is 2. The largest absolute Gasteiger partial charge is 0.493 e. The summed E-state index contributed by atoms with van der Waals surface area (Å²) in [5, 5.41) is 10.8. The van der Waals surface area contributed by atoms with Crippen LogP contribution < -0.4 is 9.46 Å². The highest BCUT2D eigenvalue weighted by atomic mass is 35.5. The Morgan fingerprint density at radius 2 is 1.53 bits per heavy atom. The topological polar surface area (TPSA) is 124 Å². The maximum atomic E-state index is 13.3. The molecule has 11 heteroatoms. The standard InChI is InChI=1S/C40H34ClN3O6S/c41-30-17-20-35-33(25-30)32(22-24-49-31-18-15-29(16-19-31)40(45)46)36(44(35)39(27-9-3-1-4-10-27)28-11-5-2-6-12-28)21-23-42-51(47,48)26-38-43-34-13-7-8-14-37(34)50-38/h1-20,25,39,42H,21-24,26H2,(H,45,46). The van der Waals surface area contributed by atoms with Crippen molar-refractivity contribution in [1.82, 2.24) is 14.3 Å². The van der Waals surface area contributed by atoms with Crippen molar-refractivity contribution < 1.29 is 27.5 Å². The zero-order chi connectivity index (χ0) is 35.4. The summed E-state index contributed by atoms with van der Waals surface area (Å²) >= 11 is 6.61. The van der Waals surface area contributed by atoms with E-state index >= 15 is 0 Å². The first-order chi connectivity index (χ1) is 24.8. The number of sulfonamides is 1. The molecule has 0 saturated carbocycles. The molecule has 7 rings (SSSR count). The Kier molecular flexibility index (Phi) is 9.90. The third-order valence-electron chi connectivity index (χ3n) is 8.73. The molecule has 0 amide bonds. The fourth-order valence-electron chi connectivity index (χ4n) is 6.50. The Morgan fingerprint density at radius 1 is 0.863 bits per heavy atom. The number of benzene rings is 5. The maximum Gasteiger partial charge on any atom is 0.335 e.